The molecule has 2 fully saturated rings. The van der Waals surface area contributed by atoms with Gasteiger partial charge in [-0.25, -0.2) is 0 Å². The number of hydrogen-bond donors (Lipinski definition) is 1. The highest BCUT2D eigenvalue weighted by atomic mass is 16.5. The van der Waals surface area contributed by atoms with E-state index in [2.05, 4.69) is 11.9 Å². The maximum absolute atomic E-state index is 10.4. The van der Waals surface area contributed by atoms with Crippen molar-refractivity contribution in [2.45, 2.75) is 37.3 Å². The first-order chi connectivity index (χ1) is 7.70. The molecular weight excluding hydrogens is 206 g/mol. The van der Waals surface area contributed by atoms with Crippen molar-refractivity contribution in [3.05, 3.63) is 0 Å². The normalized spacial score (nSPS) is 30.6. The predicted octanol–water partition coefficient (Wildman–Crippen LogP) is 0.639. The third-order valence-electron chi connectivity index (χ3n) is 3.73. The summed E-state index contributed by atoms with van der Waals surface area (Å²) in [5, 5.41) is 10.4. The molecule has 1 atom stereocenters. The van der Waals surface area contributed by atoms with E-state index in [0.717, 1.165) is 39.0 Å². The lowest BCUT2D eigenvalue weighted by molar-refractivity contribution is -0.0890. The number of aliphatic hydroxyl groups is 1. The second-order valence-electron chi connectivity index (χ2n) is 5.12. The van der Waals surface area contributed by atoms with Gasteiger partial charge in [0.25, 0.3) is 0 Å². The van der Waals surface area contributed by atoms with Crippen LogP contribution in [0.2, 0.25) is 0 Å². The van der Waals surface area contributed by atoms with Crippen LogP contribution in [0, 0.1) is 0 Å². The Morgan fingerprint density at radius 1 is 1.25 bits per heavy atom. The molecule has 94 valence electrons. The zero-order valence-corrected chi connectivity index (χ0v) is 10.2. The third kappa shape index (κ3) is 3.17. The topological polar surface area (TPSA) is 41.9 Å². The molecule has 0 aliphatic carbocycles. The molecule has 2 saturated heterocycles. The van der Waals surface area contributed by atoms with Gasteiger partial charge in [0.05, 0.1) is 12.2 Å². The van der Waals surface area contributed by atoms with Crippen LogP contribution >= 0.6 is 0 Å². The third-order valence-corrected chi connectivity index (χ3v) is 3.73. The standard InChI is InChI=1S/C12H23NO3/c1-13(11-3-2-6-16-9-11)10-12(14)4-7-15-8-5-12/h11,14H,2-10H2,1H3. The van der Waals surface area contributed by atoms with Crippen LogP contribution in [-0.2, 0) is 9.47 Å². The minimum atomic E-state index is -0.551. The molecule has 0 bridgehead atoms. The quantitative estimate of drug-likeness (QED) is 0.771. The molecule has 0 amide bonds. The Kier molecular flexibility index (Phi) is 4.19. The van der Waals surface area contributed by atoms with E-state index in [4.69, 9.17) is 9.47 Å². The Hall–Kier alpha value is -0.160. The van der Waals surface area contributed by atoms with E-state index in [0.29, 0.717) is 19.3 Å². The van der Waals surface area contributed by atoms with E-state index >= 15 is 0 Å². The maximum Gasteiger partial charge on any atom is 0.0817 e. The van der Waals surface area contributed by atoms with Crippen LogP contribution in [-0.4, -0.2) is 61.7 Å². The molecule has 4 heteroatoms. The van der Waals surface area contributed by atoms with Gasteiger partial charge in [-0.3, -0.25) is 4.90 Å². The summed E-state index contributed by atoms with van der Waals surface area (Å²) in [5.41, 5.74) is -0.551. The van der Waals surface area contributed by atoms with Gasteiger partial charge < -0.3 is 14.6 Å². The summed E-state index contributed by atoms with van der Waals surface area (Å²) >= 11 is 0. The van der Waals surface area contributed by atoms with Crippen molar-refractivity contribution in [2.24, 2.45) is 0 Å². The zero-order chi connectivity index (χ0) is 11.4. The van der Waals surface area contributed by atoms with Crippen LogP contribution in [0.5, 0.6) is 0 Å². The first kappa shape index (κ1) is 12.3. The summed E-state index contributed by atoms with van der Waals surface area (Å²) in [5.74, 6) is 0. The number of nitrogens with zero attached hydrogens (tertiary/aromatic N) is 1. The Balaban J connectivity index is 1.82. The lowest BCUT2D eigenvalue weighted by Crippen LogP contribution is -2.50. The number of hydrogen-bond acceptors (Lipinski definition) is 4. The van der Waals surface area contributed by atoms with Gasteiger partial charge in [-0.15, -0.1) is 0 Å². The Labute approximate surface area is 97.5 Å². The van der Waals surface area contributed by atoms with E-state index in [9.17, 15) is 5.11 Å². The Morgan fingerprint density at radius 2 is 2.00 bits per heavy atom. The van der Waals surface area contributed by atoms with Crippen LogP contribution in [0.3, 0.4) is 0 Å². The molecule has 1 N–H and O–H groups in total. The van der Waals surface area contributed by atoms with Crippen molar-refractivity contribution in [1.29, 1.82) is 0 Å². The van der Waals surface area contributed by atoms with Crippen LogP contribution in [0.1, 0.15) is 25.7 Å². The smallest absolute Gasteiger partial charge is 0.0817 e. The van der Waals surface area contributed by atoms with Crippen LogP contribution < -0.4 is 0 Å². The number of ether oxygens (including phenoxy) is 2. The van der Waals surface area contributed by atoms with Crippen molar-refractivity contribution in [3.63, 3.8) is 0 Å². The average Bonchev–Trinajstić information content (AvgIpc) is 2.30. The predicted molar refractivity (Wildman–Crippen MR) is 61.5 cm³/mol. The Bertz CT molecular complexity index is 210. The molecule has 0 aromatic carbocycles. The molecule has 0 aromatic heterocycles. The second kappa shape index (κ2) is 5.45. The van der Waals surface area contributed by atoms with Crippen molar-refractivity contribution in [2.75, 3.05) is 40.0 Å². The molecule has 2 aliphatic heterocycles. The average molecular weight is 229 g/mol. The molecule has 2 rings (SSSR count). The van der Waals surface area contributed by atoms with Crippen LogP contribution in [0.15, 0.2) is 0 Å². The first-order valence-electron chi connectivity index (χ1n) is 6.28. The summed E-state index contributed by atoms with van der Waals surface area (Å²) in [4.78, 5) is 2.25. The highest BCUT2D eigenvalue weighted by molar-refractivity contribution is 4.86. The highest BCUT2D eigenvalue weighted by Crippen LogP contribution is 2.23. The summed E-state index contributed by atoms with van der Waals surface area (Å²) in [7, 11) is 2.09. The number of rotatable bonds is 3. The molecule has 1 unspecified atom stereocenters. The molecule has 16 heavy (non-hydrogen) atoms. The van der Waals surface area contributed by atoms with Gasteiger partial charge in [0.15, 0.2) is 0 Å². The monoisotopic (exact) mass is 229 g/mol. The van der Waals surface area contributed by atoms with E-state index in [-0.39, 0.29) is 0 Å². The van der Waals surface area contributed by atoms with Crippen molar-refractivity contribution < 1.29 is 14.6 Å². The molecule has 0 radical (unpaired) electrons. The van der Waals surface area contributed by atoms with E-state index in [1.165, 1.54) is 6.42 Å². The molecule has 0 aromatic rings. The largest absolute Gasteiger partial charge is 0.388 e. The Morgan fingerprint density at radius 3 is 2.62 bits per heavy atom. The van der Waals surface area contributed by atoms with Crippen molar-refractivity contribution in [1.82, 2.24) is 4.90 Å². The molecular formula is C12H23NO3. The number of likely N-dealkylation sites (N-methyl/N-ethyl adjacent to an activating group) is 1. The zero-order valence-electron chi connectivity index (χ0n) is 10.2. The maximum atomic E-state index is 10.4. The van der Waals surface area contributed by atoms with Crippen LogP contribution in [0.25, 0.3) is 0 Å². The summed E-state index contributed by atoms with van der Waals surface area (Å²) in [6, 6.07) is 0.473. The minimum absolute atomic E-state index is 0.473. The SMILES string of the molecule is CN(CC1(O)CCOCC1)C1CCCOC1. The van der Waals surface area contributed by atoms with Gasteiger partial charge in [0.2, 0.25) is 0 Å². The van der Waals surface area contributed by atoms with Gasteiger partial charge in [-0.2, -0.15) is 0 Å². The van der Waals surface area contributed by atoms with Crippen molar-refractivity contribution >= 4 is 0 Å². The summed E-state index contributed by atoms with van der Waals surface area (Å²) < 4.78 is 10.8. The van der Waals surface area contributed by atoms with E-state index in [1.807, 2.05) is 0 Å². The van der Waals surface area contributed by atoms with E-state index < -0.39 is 5.60 Å². The summed E-state index contributed by atoms with van der Waals surface area (Å²) in [6.07, 6.45) is 3.83. The molecule has 0 saturated carbocycles. The van der Waals surface area contributed by atoms with Crippen molar-refractivity contribution in [3.8, 4) is 0 Å². The van der Waals surface area contributed by atoms with Gasteiger partial charge in [-0.1, -0.05) is 0 Å². The second-order valence-corrected chi connectivity index (χ2v) is 5.12. The molecule has 2 aliphatic rings. The lowest BCUT2D eigenvalue weighted by atomic mass is 9.93. The minimum Gasteiger partial charge on any atom is -0.388 e. The van der Waals surface area contributed by atoms with E-state index in [1.54, 1.807) is 0 Å². The van der Waals surface area contributed by atoms with Gasteiger partial charge in [-0.05, 0) is 19.9 Å². The fourth-order valence-electron chi connectivity index (χ4n) is 2.57. The molecule has 4 nitrogen and oxygen atoms in total. The van der Waals surface area contributed by atoms with Gasteiger partial charge in [0, 0.05) is 45.2 Å². The highest BCUT2D eigenvalue weighted by Gasteiger charge is 2.33. The van der Waals surface area contributed by atoms with Gasteiger partial charge in [0.1, 0.15) is 0 Å². The van der Waals surface area contributed by atoms with Gasteiger partial charge >= 0.3 is 0 Å². The fraction of sp³-hybridized carbons (Fsp3) is 1.00. The molecule has 2 heterocycles. The lowest BCUT2D eigenvalue weighted by Gasteiger charge is -2.39. The fourth-order valence-corrected chi connectivity index (χ4v) is 2.57. The first-order valence-corrected chi connectivity index (χ1v) is 6.28. The molecule has 0 spiro atoms. The summed E-state index contributed by atoms with van der Waals surface area (Å²) in [6.45, 7) is 3.81. The van der Waals surface area contributed by atoms with Crippen LogP contribution in [0.4, 0.5) is 0 Å².